The fourth-order valence-corrected chi connectivity index (χ4v) is 2.52. The van der Waals surface area contributed by atoms with Gasteiger partial charge in [-0.2, -0.15) is 0 Å². The molecule has 18 heavy (non-hydrogen) atoms. The van der Waals surface area contributed by atoms with E-state index in [0.29, 0.717) is 12.6 Å². The van der Waals surface area contributed by atoms with Crippen molar-refractivity contribution in [3.63, 3.8) is 0 Å². The average Bonchev–Trinajstić information content (AvgIpc) is 2.35. The minimum absolute atomic E-state index is 0.149. The summed E-state index contributed by atoms with van der Waals surface area (Å²) >= 11 is 0. The summed E-state index contributed by atoms with van der Waals surface area (Å²) in [5, 5.41) is 2.92. The monoisotopic (exact) mass is 255 g/mol. The van der Waals surface area contributed by atoms with Crippen LogP contribution in [-0.4, -0.2) is 62.0 Å². The van der Waals surface area contributed by atoms with Gasteiger partial charge in [-0.05, 0) is 52.9 Å². The zero-order valence-electron chi connectivity index (χ0n) is 12.2. The van der Waals surface area contributed by atoms with Crippen LogP contribution in [0.15, 0.2) is 0 Å². The van der Waals surface area contributed by atoms with Crippen LogP contribution in [0.4, 0.5) is 0 Å². The van der Waals surface area contributed by atoms with E-state index in [4.69, 9.17) is 0 Å². The summed E-state index contributed by atoms with van der Waals surface area (Å²) in [6.07, 6.45) is 6.18. The molecule has 1 rings (SSSR count). The second kappa shape index (κ2) is 8.48. The van der Waals surface area contributed by atoms with Crippen LogP contribution < -0.4 is 5.32 Å². The molecular weight excluding hydrogens is 226 g/mol. The second-order valence-electron chi connectivity index (χ2n) is 5.51. The number of hydrogen-bond donors (Lipinski definition) is 1. The summed E-state index contributed by atoms with van der Waals surface area (Å²) < 4.78 is 0. The summed E-state index contributed by atoms with van der Waals surface area (Å²) in [5.41, 5.74) is 0. The van der Waals surface area contributed by atoms with Gasteiger partial charge in [-0.3, -0.25) is 9.69 Å². The maximum absolute atomic E-state index is 11.6. The largest absolute Gasteiger partial charge is 0.355 e. The lowest BCUT2D eigenvalue weighted by molar-refractivity contribution is -0.122. The van der Waals surface area contributed by atoms with Gasteiger partial charge in [-0.25, -0.2) is 0 Å². The van der Waals surface area contributed by atoms with Crippen molar-refractivity contribution in [2.45, 2.75) is 45.1 Å². The minimum Gasteiger partial charge on any atom is -0.355 e. The Balaban J connectivity index is 2.15. The van der Waals surface area contributed by atoms with Crippen LogP contribution in [0.1, 0.15) is 39.0 Å². The number of piperidine rings is 1. The van der Waals surface area contributed by atoms with Gasteiger partial charge in [-0.15, -0.1) is 0 Å². The van der Waals surface area contributed by atoms with Gasteiger partial charge in [0.2, 0.25) is 5.91 Å². The number of amides is 1. The third kappa shape index (κ3) is 5.83. The highest BCUT2D eigenvalue weighted by atomic mass is 16.2. The maximum Gasteiger partial charge on any atom is 0.234 e. The Labute approximate surface area is 112 Å². The van der Waals surface area contributed by atoms with E-state index >= 15 is 0 Å². The van der Waals surface area contributed by atoms with Gasteiger partial charge in [0.1, 0.15) is 0 Å². The smallest absolute Gasteiger partial charge is 0.234 e. The van der Waals surface area contributed by atoms with Gasteiger partial charge >= 0.3 is 0 Å². The quantitative estimate of drug-likeness (QED) is 0.745. The van der Waals surface area contributed by atoms with Gasteiger partial charge in [0.05, 0.1) is 6.54 Å². The van der Waals surface area contributed by atoms with E-state index in [1.165, 1.54) is 32.2 Å². The molecule has 0 aromatic rings. The van der Waals surface area contributed by atoms with Crippen molar-refractivity contribution >= 4 is 5.91 Å². The molecule has 1 atom stereocenters. The summed E-state index contributed by atoms with van der Waals surface area (Å²) in [4.78, 5) is 16.2. The molecule has 1 aliphatic rings. The Morgan fingerprint density at radius 2 is 2.22 bits per heavy atom. The topological polar surface area (TPSA) is 35.6 Å². The third-order valence-corrected chi connectivity index (χ3v) is 3.75. The number of carbonyl (C=O) groups excluding carboxylic acids is 1. The maximum atomic E-state index is 11.6. The van der Waals surface area contributed by atoms with Crippen LogP contribution in [0, 0.1) is 0 Å². The standard InChI is InChI=1S/C14H29N3O/c1-4-9-15-14(18)12-16(2)11-8-13-7-5-6-10-17(13)3/h13H,4-12H2,1-3H3,(H,15,18). The summed E-state index contributed by atoms with van der Waals surface area (Å²) in [5.74, 6) is 0.149. The van der Waals surface area contributed by atoms with Crippen LogP contribution in [-0.2, 0) is 4.79 Å². The Kier molecular flexibility index (Phi) is 7.28. The van der Waals surface area contributed by atoms with Crippen LogP contribution in [0.5, 0.6) is 0 Å². The van der Waals surface area contributed by atoms with Crippen LogP contribution >= 0.6 is 0 Å². The van der Waals surface area contributed by atoms with E-state index in [-0.39, 0.29) is 5.91 Å². The van der Waals surface area contributed by atoms with Crippen molar-refractivity contribution in [2.24, 2.45) is 0 Å². The summed E-state index contributed by atoms with van der Waals surface area (Å²) in [6.45, 7) is 5.62. The fraction of sp³-hybridized carbons (Fsp3) is 0.929. The Bertz CT molecular complexity index is 245. The van der Waals surface area contributed by atoms with E-state index in [2.05, 4.69) is 29.1 Å². The van der Waals surface area contributed by atoms with Crippen molar-refractivity contribution in [1.82, 2.24) is 15.1 Å². The van der Waals surface area contributed by atoms with E-state index in [0.717, 1.165) is 19.5 Å². The number of nitrogens with zero attached hydrogens (tertiary/aromatic N) is 2. The summed E-state index contributed by atoms with van der Waals surface area (Å²) in [7, 11) is 4.26. The van der Waals surface area contributed by atoms with Gasteiger partial charge in [0.15, 0.2) is 0 Å². The fourth-order valence-electron chi connectivity index (χ4n) is 2.52. The van der Waals surface area contributed by atoms with Crippen molar-refractivity contribution in [2.75, 3.05) is 40.3 Å². The van der Waals surface area contributed by atoms with E-state index in [9.17, 15) is 4.79 Å². The molecule has 0 aromatic heterocycles. The Hall–Kier alpha value is -0.610. The van der Waals surface area contributed by atoms with E-state index < -0.39 is 0 Å². The predicted molar refractivity (Wildman–Crippen MR) is 75.7 cm³/mol. The first-order valence-electron chi connectivity index (χ1n) is 7.29. The molecule has 106 valence electrons. The lowest BCUT2D eigenvalue weighted by atomic mass is 10.00. The van der Waals surface area contributed by atoms with Crippen molar-refractivity contribution in [3.05, 3.63) is 0 Å². The Morgan fingerprint density at radius 1 is 1.44 bits per heavy atom. The van der Waals surface area contributed by atoms with Crippen LogP contribution in [0.25, 0.3) is 0 Å². The number of rotatable bonds is 7. The highest BCUT2D eigenvalue weighted by molar-refractivity contribution is 5.77. The molecule has 1 heterocycles. The SMILES string of the molecule is CCCNC(=O)CN(C)CCC1CCCCN1C. The first-order chi connectivity index (χ1) is 8.63. The van der Waals surface area contributed by atoms with E-state index in [1.54, 1.807) is 0 Å². The highest BCUT2D eigenvalue weighted by Crippen LogP contribution is 2.17. The Morgan fingerprint density at radius 3 is 2.89 bits per heavy atom. The molecule has 1 unspecified atom stereocenters. The minimum atomic E-state index is 0.149. The lowest BCUT2D eigenvalue weighted by Crippen LogP contribution is -2.40. The van der Waals surface area contributed by atoms with Crippen molar-refractivity contribution < 1.29 is 4.79 Å². The molecule has 4 nitrogen and oxygen atoms in total. The van der Waals surface area contributed by atoms with Gasteiger partial charge < -0.3 is 10.2 Å². The summed E-state index contributed by atoms with van der Waals surface area (Å²) in [6, 6.07) is 0.708. The third-order valence-electron chi connectivity index (χ3n) is 3.75. The lowest BCUT2D eigenvalue weighted by Gasteiger charge is -2.33. The molecule has 0 saturated carbocycles. The highest BCUT2D eigenvalue weighted by Gasteiger charge is 2.19. The molecule has 1 N–H and O–H groups in total. The molecule has 0 aliphatic carbocycles. The molecule has 1 aliphatic heterocycles. The zero-order valence-corrected chi connectivity index (χ0v) is 12.2. The van der Waals surface area contributed by atoms with Gasteiger partial charge in [0.25, 0.3) is 0 Å². The number of nitrogens with one attached hydrogen (secondary N) is 1. The zero-order chi connectivity index (χ0) is 13.4. The molecule has 0 aromatic carbocycles. The average molecular weight is 255 g/mol. The molecule has 0 bridgehead atoms. The first kappa shape index (κ1) is 15.4. The number of carbonyl (C=O) groups is 1. The van der Waals surface area contributed by atoms with Gasteiger partial charge in [0, 0.05) is 12.6 Å². The van der Waals surface area contributed by atoms with Crippen LogP contribution in [0.3, 0.4) is 0 Å². The second-order valence-corrected chi connectivity index (χ2v) is 5.51. The first-order valence-corrected chi connectivity index (χ1v) is 7.29. The molecule has 4 heteroatoms. The van der Waals surface area contributed by atoms with Gasteiger partial charge in [-0.1, -0.05) is 13.3 Å². The molecule has 1 amide bonds. The van der Waals surface area contributed by atoms with E-state index in [1.807, 2.05) is 7.05 Å². The van der Waals surface area contributed by atoms with Crippen LogP contribution in [0.2, 0.25) is 0 Å². The predicted octanol–water partition coefficient (Wildman–Crippen LogP) is 1.32. The number of likely N-dealkylation sites (N-methyl/N-ethyl adjacent to an activating group) is 1. The molecule has 1 saturated heterocycles. The molecular formula is C14H29N3O. The number of likely N-dealkylation sites (tertiary alicyclic amines) is 1. The molecule has 0 spiro atoms. The normalized spacial score (nSPS) is 21.2. The van der Waals surface area contributed by atoms with Crippen molar-refractivity contribution in [3.8, 4) is 0 Å². The molecule has 0 radical (unpaired) electrons. The number of hydrogen-bond acceptors (Lipinski definition) is 3. The molecule has 1 fully saturated rings. The van der Waals surface area contributed by atoms with Crippen molar-refractivity contribution in [1.29, 1.82) is 0 Å².